The van der Waals surface area contributed by atoms with Crippen molar-refractivity contribution in [1.29, 1.82) is 0 Å². The highest BCUT2D eigenvalue weighted by Gasteiger charge is 2.13. The van der Waals surface area contributed by atoms with Crippen molar-refractivity contribution in [1.82, 2.24) is 9.97 Å². The van der Waals surface area contributed by atoms with E-state index in [1.165, 1.54) is 10.4 Å². The van der Waals surface area contributed by atoms with E-state index in [2.05, 4.69) is 28.4 Å². The Labute approximate surface area is 126 Å². The monoisotopic (exact) mass is 300 g/mol. The minimum absolute atomic E-state index is 0.356. The second-order valence-electron chi connectivity index (χ2n) is 4.70. The van der Waals surface area contributed by atoms with Crippen molar-refractivity contribution in [2.45, 2.75) is 20.3 Å². The van der Waals surface area contributed by atoms with E-state index in [9.17, 15) is 0 Å². The maximum Gasteiger partial charge on any atom is 0.241 e. The van der Waals surface area contributed by atoms with E-state index < -0.39 is 0 Å². The Balaban J connectivity index is 2.06. The number of ether oxygens (including phenoxy) is 1. The topological polar surface area (TPSA) is 73.1 Å². The van der Waals surface area contributed by atoms with Crippen LogP contribution in [0.3, 0.4) is 0 Å². The quantitative estimate of drug-likeness (QED) is 0.568. The van der Waals surface area contributed by atoms with E-state index in [1.54, 1.807) is 11.3 Å². The first-order valence-corrected chi connectivity index (χ1v) is 7.53. The van der Waals surface area contributed by atoms with E-state index in [-0.39, 0.29) is 0 Å². The molecule has 5 nitrogen and oxygen atoms in total. The van der Waals surface area contributed by atoms with E-state index in [4.69, 9.17) is 10.6 Å². The van der Waals surface area contributed by atoms with Crippen LogP contribution >= 0.6 is 11.3 Å². The SMILES string of the molecule is CCc1cc2c(Oc3ccc(C)cc3)nc(NN)nc2s1. The highest BCUT2D eigenvalue weighted by atomic mass is 32.1. The standard InChI is InChI=1S/C15H16N4OS/c1-3-11-8-12-13(17-15(19-16)18-14(12)21-11)20-10-6-4-9(2)5-7-10/h4-8H,3,16H2,1-2H3,(H,17,18,19). The van der Waals surface area contributed by atoms with Crippen molar-refractivity contribution in [3.8, 4) is 11.6 Å². The molecule has 3 N–H and O–H groups in total. The van der Waals surface area contributed by atoms with Crippen LogP contribution in [-0.4, -0.2) is 9.97 Å². The third-order valence-corrected chi connectivity index (χ3v) is 4.30. The molecule has 0 amide bonds. The minimum atomic E-state index is 0.356. The molecule has 0 bridgehead atoms. The van der Waals surface area contributed by atoms with Gasteiger partial charge in [-0.25, -0.2) is 10.8 Å². The molecule has 0 atom stereocenters. The molecule has 0 unspecified atom stereocenters. The lowest BCUT2D eigenvalue weighted by Gasteiger charge is -2.07. The molecule has 21 heavy (non-hydrogen) atoms. The Hall–Kier alpha value is -2.18. The van der Waals surface area contributed by atoms with Crippen LogP contribution in [0.2, 0.25) is 0 Å². The summed E-state index contributed by atoms with van der Waals surface area (Å²) in [6.07, 6.45) is 0.955. The number of rotatable bonds is 4. The van der Waals surface area contributed by atoms with E-state index in [1.807, 2.05) is 31.2 Å². The lowest BCUT2D eigenvalue weighted by atomic mass is 10.2. The Bertz CT molecular complexity index is 767. The Morgan fingerprint density at radius 1 is 1.24 bits per heavy atom. The van der Waals surface area contributed by atoms with Crippen LogP contribution in [-0.2, 0) is 6.42 Å². The molecular formula is C15H16N4OS. The fraction of sp³-hybridized carbons (Fsp3) is 0.200. The second kappa shape index (κ2) is 5.67. The van der Waals surface area contributed by atoms with Gasteiger partial charge in [-0.1, -0.05) is 24.6 Å². The van der Waals surface area contributed by atoms with Gasteiger partial charge in [0, 0.05) is 4.88 Å². The molecule has 0 aliphatic heterocycles. The maximum atomic E-state index is 5.91. The summed E-state index contributed by atoms with van der Waals surface area (Å²) >= 11 is 1.63. The van der Waals surface area contributed by atoms with Crippen molar-refractivity contribution in [3.05, 3.63) is 40.8 Å². The van der Waals surface area contributed by atoms with Crippen molar-refractivity contribution < 1.29 is 4.74 Å². The second-order valence-corrected chi connectivity index (χ2v) is 5.81. The van der Waals surface area contributed by atoms with Crippen LogP contribution in [0.1, 0.15) is 17.4 Å². The highest BCUT2D eigenvalue weighted by molar-refractivity contribution is 7.18. The molecule has 0 fully saturated rings. The van der Waals surface area contributed by atoms with E-state index >= 15 is 0 Å². The van der Waals surface area contributed by atoms with Crippen molar-refractivity contribution in [2.75, 3.05) is 5.43 Å². The number of aromatic nitrogens is 2. The summed E-state index contributed by atoms with van der Waals surface area (Å²) in [7, 11) is 0. The molecule has 0 radical (unpaired) electrons. The van der Waals surface area contributed by atoms with Gasteiger partial charge in [0.05, 0.1) is 5.39 Å². The summed E-state index contributed by atoms with van der Waals surface area (Å²) < 4.78 is 5.91. The predicted molar refractivity (Wildman–Crippen MR) is 85.9 cm³/mol. The van der Waals surface area contributed by atoms with Crippen molar-refractivity contribution in [3.63, 3.8) is 0 Å². The molecule has 0 aliphatic rings. The average Bonchev–Trinajstić information content (AvgIpc) is 2.92. The molecule has 0 saturated heterocycles. The number of hydrazine groups is 1. The molecule has 3 rings (SSSR count). The van der Waals surface area contributed by atoms with Crippen molar-refractivity contribution >= 4 is 27.5 Å². The number of aryl methyl sites for hydroxylation is 2. The van der Waals surface area contributed by atoms with Gasteiger partial charge in [0.2, 0.25) is 11.8 Å². The molecule has 0 spiro atoms. The largest absolute Gasteiger partial charge is 0.438 e. The molecule has 2 aromatic heterocycles. The molecule has 108 valence electrons. The van der Waals surface area contributed by atoms with Gasteiger partial charge in [-0.3, -0.25) is 5.43 Å². The first-order chi connectivity index (χ1) is 10.2. The van der Waals surface area contributed by atoms with Gasteiger partial charge >= 0.3 is 0 Å². The summed E-state index contributed by atoms with van der Waals surface area (Å²) in [5, 5.41) is 0.913. The highest BCUT2D eigenvalue weighted by Crippen LogP contribution is 2.34. The third kappa shape index (κ3) is 2.81. The summed E-state index contributed by atoms with van der Waals surface area (Å²) in [5.74, 6) is 7.06. The average molecular weight is 300 g/mol. The van der Waals surface area contributed by atoms with Crippen LogP contribution in [0.15, 0.2) is 30.3 Å². The molecule has 0 saturated carbocycles. The van der Waals surface area contributed by atoms with Gasteiger partial charge in [-0.15, -0.1) is 11.3 Å². The maximum absolute atomic E-state index is 5.91. The third-order valence-electron chi connectivity index (χ3n) is 3.12. The normalized spacial score (nSPS) is 10.8. The first-order valence-electron chi connectivity index (χ1n) is 6.71. The minimum Gasteiger partial charge on any atom is -0.438 e. The summed E-state index contributed by atoms with van der Waals surface area (Å²) in [6.45, 7) is 4.15. The van der Waals surface area contributed by atoms with Crippen LogP contribution in [0.4, 0.5) is 5.95 Å². The van der Waals surface area contributed by atoms with Crippen LogP contribution in [0, 0.1) is 6.92 Å². The van der Waals surface area contributed by atoms with Crippen LogP contribution in [0.25, 0.3) is 10.2 Å². The Kier molecular flexibility index (Phi) is 3.72. The number of thiophene rings is 1. The number of nitrogens with two attached hydrogens (primary N) is 1. The number of benzene rings is 1. The number of anilines is 1. The number of nitrogen functional groups attached to an aromatic ring is 1. The van der Waals surface area contributed by atoms with Gasteiger partial charge in [0.25, 0.3) is 0 Å². The van der Waals surface area contributed by atoms with E-state index in [0.29, 0.717) is 11.8 Å². The molecule has 6 heteroatoms. The van der Waals surface area contributed by atoms with Gasteiger partial charge in [0.1, 0.15) is 10.6 Å². The lowest BCUT2D eigenvalue weighted by molar-refractivity contribution is 0.469. The molecular weight excluding hydrogens is 284 g/mol. The molecule has 2 heterocycles. The fourth-order valence-corrected chi connectivity index (χ4v) is 2.94. The fourth-order valence-electron chi connectivity index (χ4n) is 1.98. The summed E-state index contributed by atoms with van der Waals surface area (Å²) in [6, 6.07) is 9.92. The zero-order valence-electron chi connectivity index (χ0n) is 11.9. The first kappa shape index (κ1) is 13.8. The smallest absolute Gasteiger partial charge is 0.241 e. The molecule has 0 aliphatic carbocycles. The Morgan fingerprint density at radius 2 is 2.00 bits per heavy atom. The number of hydrogen-bond donors (Lipinski definition) is 2. The lowest BCUT2D eigenvalue weighted by Crippen LogP contribution is -2.10. The zero-order valence-corrected chi connectivity index (χ0v) is 12.7. The van der Waals surface area contributed by atoms with Gasteiger partial charge < -0.3 is 4.74 Å². The van der Waals surface area contributed by atoms with Crippen LogP contribution in [0.5, 0.6) is 11.6 Å². The zero-order chi connectivity index (χ0) is 14.8. The van der Waals surface area contributed by atoms with Gasteiger partial charge in [0.15, 0.2) is 0 Å². The van der Waals surface area contributed by atoms with Crippen LogP contribution < -0.4 is 16.0 Å². The predicted octanol–water partition coefficient (Wildman–Crippen LogP) is 3.64. The van der Waals surface area contributed by atoms with E-state index in [0.717, 1.165) is 22.4 Å². The number of nitrogens with zero attached hydrogens (tertiary/aromatic N) is 2. The van der Waals surface area contributed by atoms with Gasteiger partial charge in [-0.2, -0.15) is 4.98 Å². The van der Waals surface area contributed by atoms with Gasteiger partial charge in [-0.05, 0) is 31.5 Å². The number of fused-ring (bicyclic) bond motifs is 1. The summed E-state index contributed by atoms with van der Waals surface area (Å²) in [4.78, 5) is 10.8. The number of nitrogens with one attached hydrogen (secondary N) is 1. The van der Waals surface area contributed by atoms with Crippen molar-refractivity contribution in [2.24, 2.45) is 5.84 Å². The molecule has 1 aromatic carbocycles. The summed E-state index contributed by atoms with van der Waals surface area (Å²) in [5.41, 5.74) is 3.67. The number of hydrogen-bond acceptors (Lipinski definition) is 6. The molecule has 3 aromatic rings. The Morgan fingerprint density at radius 3 is 2.67 bits per heavy atom.